The van der Waals surface area contributed by atoms with Gasteiger partial charge in [0.15, 0.2) is 0 Å². The lowest BCUT2D eigenvalue weighted by Gasteiger charge is -2.18. The van der Waals surface area contributed by atoms with E-state index in [0.29, 0.717) is 22.5 Å². The summed E-state index contributed by atoms with van der Waals surface area (Å²) < 4.78 is 55.3. The smallest absolute Gasteiger partial charge is 0.352 e. The van der Waals surface area contributed by atoms with Crippen molar-refractivity contribution < 1.29 is 22.4 Å². The van der Waals surface area contributed by atoms with Crippen molar-refractivity contribution in [1.82, 2.24) is 14.7 Å². The molecule has 8 heteroatoms. The number of alkyl halides is 3. The molecule has 0 aliphatic rings. The normalized spacial score (nSPS) is 12.6. The van der Waals surface area contributed by atoms with E-state index in [9.17, 15) is 22.4 Å². The predicted octanol–water partition coefficient (Wildman–Crippen LogP) is 5.64. The molecule has 2 aromatic carbocycles. The number of benzene rings is 2. The molecular weight excluding hydrogens is 434 g/mol. The van der Waals surface area contributed by atoms with Gasteiger partial charge in [0.05, 0.1) is 11.3 Å². The fraction of sp³-hybridized carbons (Fsp3) is 0.200. The van der Waals surface area contributed by atoms with Crippen LogP contribution in [-0.2, 0) is 17.5 Å². The van der Waals surface area contributed by atoms with Crippen LogP contribution in [0.3, 0.4) is 0 Å². The number of carbonyl (C=O) groups is 1. The molecule has 0 saturated heterocycles. The number of pyridine rings is 1. The highest BCUT2D eigenvalue weighted by atomic mass is 19.4. The summed E-state index contributed by atoms with van der Waals surface area (Å²) >= 11 is 0. The largest absolute Gasteiger partial charge is 0.416 e. The number of nitrogens with zero attached hydrogens (tertiary/aromatic N) is 2. The van der Waals surface area contributed by atoms with Gasteiger partial charge >= 0.3 is 6.18 Å². The van der Waals surface area contributed by atoms with Crippen LogP contribution in [-0.4, -0.2) is 15.3 Å². The molecule has 1 atom stereocenters. The monoisotopic (exact) mass is 455 g/mol. The van der Waals surface area contributed by atoms with E-state index in [0.717, 1.165) is 17.7 Å². The van der Waals surface area contributed by atoms with E-state index in [4.69, 9.17) is 0 Å². The maximum absolute atomic E-state index is 14.7. The lowest BCUT2D eigenvalue weighted by molar-refractivity contribution is -0.137. The minimum atomic E-state index is -4.46. The van der Waals surface area contributed by atoms with Gasteiger partial charge in [-0.15, -0.1) is 0 Å². The van der Waals surface area contributed by atoms with Crippen LogP contribution < -0.4 is 5.32 Å². The van der Waals surface area contributed by atoms with E-state index in [1.807, 2.05) is 29.7 Å². The van der Waals surface area contributed by atoms with Crippen molar-refractivity contribution in [2.45, 2.75) is 32.0 Å². The fourth-order valence-electron chi connectivity index (χ4n) is 3.81. The predicted molar refractivity (Wildman–Crippen MR) is 116 cm³/mol. The summed E-state index contributed by atoms with van der Waals surface area (Å²) in [6, 6.07) is 14.8. The molecule has 0 bridgehead atoms. The van der Waals surface area contributed by atoms with Crippen LogP contribution in [0, 0.1) is 12.7 Å². The van der Waals surface area contributed by atoms with Gasteiger partial charge in [-0.2, -0.15) is 13.2 Å². The number of aromatic nitrogens is 2. The second-order valence-corrected chi connectivity index (χ2v) is 7.87. The van der Waals surface area contributed by atoms with Gasteiger partial charge < -0.3 is 9.72 Å². The Morgan fingerprint density at radius 1 is 1.09 bits per heavy atom. The third kappa shape index (κ3) is 5.05. The molecule has 2 heterocycles. The Labute approximate surface area is 187 Å². The van der Waals surface area contributed by atoms with Crippen LogP contribution in [0.25, 0.3) is 5.65 Å². The second-order valence-electron chi connectivity index (χ2n) is 7.87. The molecule has 0 spiro atoms. The Kier molecular flexibility index (Phi) is 6.18. The van der Waals surface area contributed by atoms with Gasteiger partial charge in [-0.05, 0) is 53.9 Å². The summed E-state index contributed by atoms with van der Waals surface area (Å²) in [5, 5.41) is 2.66. The Bertz CT molecular complexity index is 1300. The van der Waals surface area contributed by atoms with Crippen LogP contribution in [0.5, 0.6) is 0 Å². The van der Waals surface area contributed by atoms with Gasteiger partial charge in [-0.25, -0.2) is 9.37 Å². The van der Waals surface area contributed by atoms with E-state index >= 15 is 0 Å². The summed E-state index contributed by atoms with van der Waals surface area (Å²) in [6.45, 7) is 1.86. The summed E-state index contributed by atoms with van der Waals surface area (Å²) in [5.41, 5.74) is 2.22. The number of halogens is 4. The molecule has 0 aliphatic heterocycles. The minimum Gasteiger partial charge on any atom is -0.352 e. The summed E-state index contributed by atoms with van der Waals surface area (Å²) in [4.78, 5) is 17.2. The highest BCUT2D eigenvalue weighted by Gasteiger charge is 2.30. The zero-order valence-electron chi connectivity index (χ0n) is 17.7. The number of hydrogen-bond acceptors (Lipinski definition) is 2. The molecule has 1 unspecified atom stereocenters. The van der Waals surface area contributed by atoms with Crippen LogP contribution in [0.15, 0.2) is 73.1 Å². The standard InChI is InChI=1S/C25H21F4N3O/c1-16-9-10-32-22(15-30-23(32)11-16)20(19-7-2-3-8-21(19)26)13-24(33)31-14-17-5-4-6-18(12-17)25(27,28)29/h2-12,15,20H,13-14H2,1H3,(H,31,33). The number of fused-ring (bicyclic) bond motifs is 1. The Balaban J connectivity index is 1.58. The van der Waals surface area contributed by atoms with Crippen molar-refractivity contribution in [3.63, 3.8) is 0 Å². The quantitative estimate of drug-likeness (QED) is 0.383. The van der Waals surface area contributed by atoms with E-state index in [-0.39, 0.29) is 13.0 Å². The van der Waals surface area contributed by atoms with Gasteiger partial charge in [0.2, 0.25) is 5.91 Å². The number of carbonyl (C=O) groups excluding carboxylic acids is 1. The fourth-order valence-corrected chi connectivity index (χ4v) is 3.81. The van der Waals surface area contributed by atoms with Crippen LogP contribution in [0.1, 0.15) is 40.3 Å². The summed E-state index contributed by atoms with van der Waals surface area (Å²) in [5.74, 6) is -1.50. The lowest BCUT2D eigenvalue weighted by atomic mass is 9.91. The van der Waals surface area contributed by atoms with E-state index in [1.54, 1.807) is 24.4 Å². The number of rotatable bonds is 6. The van der Waals surface area contributed by atoms with Crippen molar-refractivity contribution in [3.05, 3.63) is 107 Å². The highest BCUT2D eigenvalue weighted by Crippen LogP contribution is 2.31. The zero-order chi connectivity index (χ0) is 23.6. The molecule has 2 aromatic heterocycles. The summed E-state index contributed by atoms with van der Waals surface area (Å²) in [6.07, 6.45) is -1.12. The molecule has 33 heavy (non-hydrogen) atoms. The van der Waals surface area contributed by atoms with Crippen molar-refractivity contribution in [2.24, 2.45) is 0 Å². The minimum absolute atomic E-state index is 0.0703. The first kappa shape index (κ1) is 22.5. The van der Waals surface area contributed by atoms with Crippen molar-refractivity contribution >= 4 is 11.6 Å². The van der Waals surface area contributed by atoms with E-state index in [1.165, 1.54) is 18.2 Å². The van der Waals surface area contributed by atoms with Gasteiger partial charge in [-0.1, -0.05) is 30.3 Å². The molecule has 0 aliphatic carbocycles. The number of amides is 1. The van der Waals surface area contributed by atoms with E-state index in [2.05, 4.69) is 10.3 Å². The van der Waals surface area contributed by atoms with Gasteiger partial charge in [0.1, 0.15) is 11.5 Å². The Hall–Kier alpha value is -3.68. The second kappa shape index (κ2) is 9.05. The maximum Gasteiger partial charge on any atom is 0.416 e. The van der Waals surface area contributed by atoms with Crippen molar-refractivity contribution in [3.8, 4) is 0 Å². The molecular formula is C25H21F4N3O. The molecule has 4 aromatic rings. The van der Waals surface area contributed by atoms with Crippen LogP contribution in [0.4, 0.5) is 17.6 Å². The zero-order valence-corrected chi connectivity index (χ0v) is 17.7. The molecule has 170 valence electrons. The molecule has 4 nitrogen and oxygen atoms in total. The summed E-state index contributed by atoms with van der Waals surface area (Å²) in [7, 11) is 0. The van der Waals surface area contributed by atoms with Gasteiger partial charge in [0.25, 0.3) is 0 Å². The molecule has 0 radical (unpaired) electrons. The lowest BCUT2D eigenvalue weighted by Crippen LogP contribution is -2.25. The first-order valence-electron chi connectivity index (χ1n) is 10.3. The van der Waals surface area contributed by atoms with Crippen LogP contribution in [0.2, 0.25) is 0 Å². The third-order valence-corrected chi connectivity index (χ3v) is 5.47. The van der Waals surface area contributed by atoms with Crippen molar-refractivity contribution in [2.75, 3.05) is 0 Å². The van der Waals surface area contributed by atoms with Gasteiger partial charge in [0, 0.05) is 31.3 Å². The number of nitrogens with one attached hydrogen (secondary N) is 1. The molecule has 4 rings (SSSR count). The molecule has 1 amide bonds. The van der Waals surface area contributed by atoms with Gasteiger partial charge in [-0.3, -0.25) is 4.79 Å². The number of hydrogen-bond donors (Lipinski definition) is 1. The van der Waals surface area contributed by atoms with Crippen molar-refractivity contribution in [1.29, 1.82) is 0 Å². The maximum atomic E-state index is 14.7. The first-order valence-corrected chi connectivity index (χ1v) is 10.3. The average molecular weight is 455 g/mol. The highest BCUT2D eigenvalue weighted by molar-refractivity contribution is 5.77. The number of imidazole rings is 1. The Morgan fingerprint density at radius 3 is 2.64 bits per heavy atom. The molecule has 0 fully saturated rings. The molecule has 0 saturated carbocycles. The van der Waals surface area contributed by atoms with E-state index < -0.39 is 29.4 Å². The Morgan fingerprint density at radius 2 is 1.88 bits per heavy atom. The first-order chi connectivity index (χ1) is 15.7. The topological polar surface area (TPSA) is 46.4 Å². The average Bonchev–Trinajstić information content (AvgIpc) is 3.19. The van der Waals surface area contributed by atoms with Crippen LogP contribution >= 0.6 is 0 Å². The number of aryl methyl sites for hydroxylation is 1. The third-order valence-electron chi connectivity index (χ3n) is 5.47. The molecule has 1 N–H and O–H groups in total. The SMILES string of the molecule is Cc1ccn2c(C(CC(=O)NCc3cccc(C(F)(F)F)c3)c3ccccc3F)cnc2c1.